The van der Waals surface area contributed by atoms with Crippen LogP contribution in [0.5, 0.6) is 11.5 Å². The van der Waals surface area contributed by atoms with Crippen molar-refractivity contribution in [1.82, 2.24) is 9.78 Å². The van der Waals surface area contributed by atoms with Gasteiger partial charge >= 0.3 is 0 Å². The Bertz CT molecular complexity index is 754. The molecule has 1 aromatic carbocycles. The minimum absolute atomic E-state index is 0.149. The van der Waals surface area contributed by atoms with Gasteiger partial charge in [-0.15, -0.1) is 0 Å². The molecule has 0 radical (unpaired) electrons. The molecule has 0 unspecified atom stereocenters. The maximum atomic E-state index is 12.4. The second-order valence-electron chi connectivity index (χ2n) is 4.74. The van der Waals surface area contributed by atoms with Gasteiger partial charge in [0.2, 0.25) is 0 Å². The Hall–Kier alpha value is -2.01. The van der Waals surface area contributed by atoms with Crippen LogP contribution in [0.2, 0.25) is 5.02 Å². The van der Waals surface area contributed by atoms with Gasteiger partial charge in [0.25, 0.3) is 5.56 Å². The van der Waals surface area contributed by atoms with E-state index in [1.807, 2.05) is 13.8 Å². The molecule has 0 bridgehead atoms. The molecule has 1 aromatic heterocycles. The van der Waals surface area contributed by atoms with Crippen LogP contribution in [0.1, 0.15) is 18.2 Å². The monoisotopic (exact) mass is 308 g/mol. The van der Waals surface area contributed by atoms with Crippen molar-refractivity contribution in [2.45, 2.75) is 20.8 Å². The number of hydrogen-bond acceptors (Lipinski definition) is 4. The molecule has 21 heavy (non-hydrogen) atoms. The molecular weight excluding hydrogens is 292 g/mol. The summed E-state index contributed by atoms with van der Waals surface area (Å²) < 4.78 is 6.78. The quantitative estimate of drug-likeness (QED) is 0.947. The molecule has 0 amide bonds. The van der Waals surface area contributed by atoms with E-state index < -0.39 is 5.56 Å². The standard InChI is InChI=1S/C15H17ClN2O3/c1-5-21-14-10(16)7-6-8(2)11(14)12-13(19)9(3)17-18(4)15(12)20/h6-7,19H,5H2,1-4H3. The Morgan fingerprint density at radius 1 is 1.33 bits per heavy atom. The van der Waals surface area contributed by atoms with Gasteiger partial charge in [-0.05, 0) is 32.4 Å². The zero-order chi connectivity index (χ0) is 15.7. The molecule has 2 aromatic rings. The molecule has 0 aliphatic heterocycles. The first-order chi connectivity index (χ1) is 9.88. The van der Waals surface area contributed by atoms with Gasteiger partial charge in [-0.1, -0.05) is 17.7 Å². The highest BCUT2D eigenvalue weighted by Crippen LogP contribution is 2.41. The Morgan fingerprint density at radius 2 is 2.00 bits per heavy atom. The van der Waals surface area contributed by atoms with E-state index in [1.54, 1.807) is 26.1 Å². The van der Waals surface area contributed by atoms with E-state index in [-0.39, 0.29) is 11.3 Å². The summed E-state index contributed by atoms with van der Waals surface area (Å²) in [5.41, 5.74) is 1.43. The summed E-state index contributed by atoms with van der Waals surface area (Å²) in [6.07, 6.45) is 0. The fourth-order valence-electron chi connectivity index (χ4n) is 2.24. The molecule has 0 fully saturated rings. The summed E-state index contributed by atoms with van der Waals surface area (Å²) in [5, 5.41) is 14.7. The maximum absolute atomic E-state index is 12.4. The smallest absolute Gasteiger partial charge is 0.278 e. The molecule has 112 valence electrons. The van der Waals surface area contributed by atoms with Crippen molar-refractivity contribution in [2.75, 3.05) is 6.61 Å². The summed E-state index contributed by atoms with van der Waals surface area (Å²) in [4.78, 5) is 12.4. The number of rotatable bonds is 3. The van der Waals surface area contributed by atoms with E-state index in [1.165, 1.54) is 4.68 Å². The summed E-state index contributed by atoms with van der Waals surface area (Å²) >= 11 is 6.18. The van der Waals surface area contributed by atoms with Gasteiger partial charge in [-0.25, -0.2) is 4.68 Å². The van der Waals surface area contributed by atoms with Crippen LogP contribution in [-0.2, 0) is 7.05 Å². The summed E-state index contributed by atoms with van der Waals surface area (Å²) in [6, 6.07) is 3.50. The summed E-state index contributed by atoms with van der Waals surface area (Å²) in [6.45, 7) is 5.71. The van der Waals surface area contributed by atoms with E-state index in [9.17, 15) is 9.90 Å². The van der Waals surface area contributed by atoms with E-state index >= 15 is 0 Å². The molecule has 0 spiro atoms. The van der Waals surface area contributed by atoms with Crippen molar-refractivity contribution < 1.29 is 9.84 Å². The lowest BCUT2D eigenvalue weighted by Gasteiger charge is -2.16. The first-order valence-electron chi connectivity index (χ1n) is 6.57. The number of aromatic hydroxyl groups is 1. The van der Waals surface area contributed by atoms with Crippen LogP contribution in [0.3, 0.4) is 0 Å². The highest BCUT2D eigenvalue weighted by atomic mass is 35.5. The van der Waals surface area contributed by atoms with Crippen LogP contribution >= 0.6 is 11.6 Å². The number of benzene rings is 1. The number of aryl methyl sites for hydroxylation is 3. The van der Waals surface area contributed by atoms with E-state index in [0.29, 0.717) is 28.6 Å². The van der Waals surface area contributed by atoms with Crippen LogP contribution in [0, 0.1) is 13.8 Å². The average Bonchev–Trinajstić information content (AvgIpc) is 2.44. The zero-order valence-corrected chi connectivity index (χ0v) is 13.2. The second-order valence-corrected chi connectivity index (χ2v) is 5.15. The predicted molar refractivity (Wildman–Crippen MR) is 82.2 cm³/mol. The fourth-order valence-corrected chi connectivity index (χ4v) is 2.45. The van der Waals surface area contributed by atoms with Gasteiger partial charge in [0.1, 0.15) is 11.4 Å². The molecule has 0 saturated carbocycles. The third-order valence-corrected chi connectivity index (χ3v) is 3.54. The zero-order valence-electron chi connectivity index (χ0n) is 12.4. The molecule has 0 saturated heterocycles. The third-order valence-electron chi connectivity index (χ3n) is 3.24. The van der Waals surface area contributed by atoms with Gasteiger partial charge in [-0.3, -0.25) is 4.79 Å². The van der Waals surface area contributed by atoms with Crippen LogP contribution in [0.15, 0.2) is 16.9 Å². The number of hydrogen-bond donors (Lipinski definition) is 1. The molecule has 1 heterocycles. The Morgan fingerprint density at radius 3 is 2.62 bits per heavy atom. The Balaban J connectivity index is 2.91. The molecular formula is C15H17ClN2O3. The lowest BCUT2D eigenvalue weighted by Crippen LogP contribution is -2.22. The van der Waals surface area contributed by atoms with Gasteiger partial charge < -0.3 is 9.84 Å². The number of halogens is 1. The lowest BCUT2D eigenvalue weighted by molar-refractivity contribution is 0.341. The summed E-state index contributed by atoms with van der Waals surface area (Å²) in [7, 11) is 1.54. The fraction of sp³-hybridized carbons (Fsp3) is 0.333. The maximum Gasteiger partial charge on any atom is 0.278 e. The van der Waals surface area contributed by atoms with Crippen LogP contribution < -0.4 is 10.3 Å². The third kappa shape index (κ3) is 2.61. The topological polar surface area (TPSA) is 64.3 Å². The normalized spacial score (nSPS) is 10.7. The minimum Gasteiger partial charge on any atom is -0.505 e. The van der Waals surface area contributed by atoms with Crippen LogP contribution in [0.25, 0.3) is 11.1 Å². The minimum atomic E-state index is -0.399. The van der Waals surface area contributed by atoms with E-state index in [2.05, 4.69) is 5.10 Å². The largest absolute Gasteiger partial charge is 0.505 e. The molecule has 6 heteroatoms. The van der Waals surface area contributed by atoms with Gasteiger partial charge in [-0.2, -0.15) is 5.10 Å². The van der Waals surface area contributed by atoms with Crippen molar-refractivity contribution in [3.8, 4) is 22.6 Å². The number of nitrogens with zero attached hydrogens (tertiary/aromatic N) is 2. The average molecular weight is 309 g/mol. The molecule has 5 nitrogen and oxygen atoms in total. The number of aromatic nitrogens is 2. The van der Waals surface area contributed by atoms with Crippen molar-refractivity contribution in [1.29, 1.82) is 0 Å². The molecule has 2 rings (SSSR count). The Labute approximate surface area is 127 Å². The first kappa shape index (κ1) is 15.4. The summed E-state index contributed by atoms with van der Waals surface area (Å²) in [5.74, 6) is 0.251. The highest BCUT2D eigenvalue weighted by molar-refractivity contribution is 6.32. The van der Waals surface area contributed by atoms with Gasteiger partial charge in [0, 0.05) is 12.6 Å². The van der Waals surface area contributed by atoms with Gasteiger partial charge in [0.05, 0.1) is 17.2 Å². The molecule has 0 atom stereocenters. The highest BCUT2D eigenvalue weighted by Gasteiger charge is 2.22. The van der Waals surface area contributed by atoms with Crippen molar-refractivity contribution in [3.63, 3.8) is 0 Å². The van der Waals surface area contributed by atoms with Gasteiger partial charge in [0.15, 0.2) is 5.75 Å². The Kier molecular flexibility index (Phi) is 4.23. The van der Waals surface area contributed by atoms with Crippen LogP contribution in [0.4, 0.5) is 0 Å². The molecule has 0 aliphatic carbocycles. The van der Waals surface area contributed by atoms with E-state index in [0.717, 1.165) is 5.56 Å². The predicted octanol–water partition coefficient (Wildman–Crippen LogP) is 2.82. The lowest BCUT2D eigenvalue weighted by atomic mass is 9.99. The second kappa shape index (κ2) is 5.77. The van der Waals surface area contributed by atoms with Crippen LogP contribution in [-0.4, -0.2) is 21.5 Å². The molecule has 1 N–H and O–H groups in total. The first-order valence-corrected chi connectivity index (χ1v) is 6.95. The number of ether oxygens (including phenoxy) is 1. The van der Waals surface area contributed by atoms with Crippen molar-refractivity contribution >= 4 is 11.6 Å². The van der Waals surface area contributed by atoms with Crippen molar-refractivity contribution in [3.05, 3.63) is 38.8 Å². The van der Waals surface area contributed by atoms with E-state index in [4.69, 9.17) is 16.3 Å². The SMILES string of the molecule is CCOc1c(Cl)ccc(C)c1-c1c(O)c(C)nn(C)c1=O. The molecule has 0 aliphatic rings. The van der Waals surface area contributed by atoms with Crippen molar-refractivity contribution in [2.24, 2.45) is 7.05 Å².